The topological polar surface area (TPSA) is 55.3 Å². The second kappa shape index (κ2) is 6.49. The lowest BCUT2D eigenvalue weighted by Gasteiger charge is -2.22. The lowest BCUT2D eigenvalue weighted by Crippen LogP contribution is -2.28. The van der Waals surface area contributed by atoms with Gasteiger partial charge in [-0.1, -0.05) is 26.3 Å². The summed E-state index contributed by atoms with van der Waals surface area (Å²) in [4.78, 5) is 0. The van der Waals surface area contributed by atoms with Crippen LogP contribution in [0.5, 0.6) is 0 Å². The van der Waals surface area contributed by atoms with Crippen molar-refractivity contribution >= 4 is 0 Å². The summed E-state index contributed by atoms with van der Waals surface area (Å²) >= 11 is 0. The molecular formula is C11H23N3. The highest BCUT2D eigenvalue weighted by Gasteiger charge is 2.11. The van der Waals surface area contributed by atoms with Gasteiger partial charge < -0.3 is 10.7 Å². The van der Waals surface area contributed by atoms with Crippen LogP contribution in [0.15, 0.2) is 23.0 Å². The van der Waals surface area contributed by atoms with E-state index in [9.17, 15) is 0 Å². The Balaban J connectivity index is 0.000000791. The van der Waals surface area contributed by atoms with Crippen LogP contribution in [0.25, 0.3) is 0 Å². The summed E-state index contributed by atoms with van der Waals surface area (Å²) < 4.78 is 0. The molecule has 0 aromatic heterocycles. The van der Waals surface area contributed by atoms with Gasteiger partial charge in [-0.05, 0) is 25.3 Å². The van der Waals surface area contributed by atoms with E-state index in [0.717, 1.165) is 30.7 Å². The van der Waals surface area contributed by atoms with E-state index in [2.05, 4.69) is 13.0 Å². The van der Waals surface area contributed by atoms with E-state index >= 15 is 0 Å². The number of rotatable bonds is 2. The number of hydrogen-bond acceptors (Lipinski definition) is 3. The number of hydrogen-bond donors (Lipinski definition) is 2. The Morgan fingerprint density at radius 3 is 2.36 bits per heavy atom. The van der Waals surface area contributed by atoms with Crippen LogP contribution in [0.2, 0.25) is 0 Å². The first-order chi connectivity index (χ1) is 6.65. The van der Waals surface area contributed by atoms with Crippen molar-refractivity contribution in [3.05, 3.63) is 23.0 Å². The Morgan fingerprint density at radius 2 is 1.93 bits per heavy atom. The molecular weight excluding hydrogens is 174 g/mol. The van der Waals surface area contributed by atoms with Gasteiger partial charge in [0.1, 0.15) is 0 Å². The normalized spacial score (nSPS) is 15.6. The molecule has 0 saturated carbocycles. The molecule has 0 fully saturated rings. The first-order valence-corrected chi connectivity index (χ1v) is 5.31. The zero-order valence-electron chi connectivity index (χ0n) is 9.80. The molecule has 82 valence electrons. The van der Waals surface area contributed by atoms with Gasteiger partial charge in [-0.15, -0.1) is 0 Å². The standard InChI is InChI=1S/C9H17N3.C2H6/c1-3-7-4-5-8(10)9(6-7)12(2)11;1-2/h6H,3-5,10-11H2,1-2H3;1-2H3. The maximum atomic E-state index is 5.81. The molecule has 0 aromatic carbocycles. The third kappa shape index (κ3) is 3.42. The van der Waals surface area contributed by atoms with E-state index in [4.69, 9.17) is 11.6 Å². The van der Waals surface area contributed by atoms with Crippen molar-refractivity contribution in [2.24, 2.45) is 11.6 Å². The lowest BCUT2D eigenvalue weighted by molar-refractivity contribution is 0.442. The van der Waals surface area contributed by atoms with Gasteiger partial charge in [0.25, 0.3) is 0 Å². The molecule has 0 aliphatic heterocycles. The number of nitrogens with zero attached hydrogens (tertiary/aromatic N) is 1. The maximum absolute atomic E-state index is 5.81. The highest BCUT2D eigenvalue weighted by Crippen LogP contribution is 2.23. The Kier molecular flexibility index (Phi) is 6.04. The van der Waals surface area contributed by atoms with Crippen molar-refractivity contribution < 1.29 is 0 Å². The first kappa shape index (κ1) is 13.0. The third-order valence-electron chi connectivity index (χ3n) is 2.22. The van der Waals surface area contributed by atoms with Crippen molar-refractivity contribution in [3.8, 4) is 0 Å². The number of nitrogens with two attached hydrogens (primary N) is 2. The summed E-state index contributed by atoms with van der Waals surface area (Å²) in [5.74, 6) is 5.63. The molecule has 0 amide bonds. The minimum Gasteiger partial charge on any atom is -0.400 e. The minimum atomic E-state index is 0.900. The summed E-state index contributed by atoms with van der Waals surface area (Å²) in [5.41, 5.74) is 9.11. The van der Waals surface area contributed by atoms with Gasteiger partial charge in [-0.2, -0.15) is 0 Å². The zero-order chi connectivity index (χ0) is 11.1. The summed E-state index contributed by atoms with van der Waals surface area (Å²) in [5, 5.41) is 1.59. The molecule has 14 heavy (non-hydrogen) atoms. The molecule has 1 rings (SSSR count). The third-order valence-corrected chi connectivity index (χ3v) is 2.22. The van der Waals surface area contributed by atoms with Gasteiger partial charge in [0, 0.05) is 12.7 Å². The van der Waals surface area contributed by atoms with Crippen LogP contribution in [0.1, 0.15) is 40.0 Å². The van der Waals surface area contributed by atoms with Gasteiger partial charge >= 0.3 is 0 Å². The number of allylic oxidation sites excluding steroid dienone is 3. The molecule has 4 N–H and O–H groups in total. The van der Waals surface area contributed by atoms with Crippen LogP contribution in [-0.4, -0.2) is 12.1 Å². The van der Waals surface area contributed by atoms with Crippen molar-refractivity contribution in [3.63, 3.8) is 0 Å². The van der Waals surface area contributed by atoms with Crippen LogP contribution >= 0.6 is 0 Å². The van der Waals surface area contributed by atoms with E-state index in [-0.39, 0.29) is 0 Å². The number of hydrazine groups is 1. The smallest absolute Gasteiger partial charge is 0.0700 e. The van der Waals surface area contributed by atoms with Gasteiger partial charge in [0.05, 0.1) is 5.70 Å². The van der Waals surface area contributed by atoms with Crippen molar-refractivity contribution in [1.29, 1.82) is 0 Å². The Labute approximate surface area is 87.4 Å². The quantitative estimate of drug-likeness (QED) is 0.526. The van der Waals surface area contributed by atoms with Gasteiger partial charge in [0.15, 0.2) is 0 Å². The van der Waals surface area contributed by atoms with Crippen molar-refractivity contribution in [2.45, 2.75) is 40.0 Å². The molecule has 0 bridgehead atoms. The van der Waals surface area contributed by atoms with Crippen LogP contribution in [-0.2, 0) is 0 Å². The average molecular weight is 197 g/mol. The highest BCUT2D eigenvalue weighted by molar-refractivity contribution is 5.30. The molecule has 1 aliphatic carbocycles. The van der Waals surface area contributed by atoms with Gasteiger partial charge in [-0.3, -0.25) is 0 Å². The molecule has 0 unspecified atom stereocenters. The van der Waals surface area contributed by atoms with E-state index in [0.29, 0.717) is 0 Å². The molecule has 3 heteroatoms. The Morgan fingerprint density at radius 1 is 1.36 bits per heavy atom. The van der Waals surface area contributed by atoms with Crippen LogP contribution in [0.4, 0.5) is 0 Å². The molecule has 0 heterocycles. The van der Waals surface area contributed by atoms with Crippen LogP contribution in [0, 0.1) is 0 Å². The highest BCUT2D eigenvalue weighted by atomic mass is 15.4. The predicted octanol–water partition coefficient (Wildman–Crippen LogP) is 2.12. The molecule has 0 radical (unpaired) electrons. The fourth-order valence-electron chi connectivity index (χ4n) is 1.39. The SMILES string of the molecule is CC.CCC1=CC(N(C)N)=C(N)CC1. The fourth-order valence-corrected chi connectivity index (χ4v) is 1.39. The Hall–Kier alpha value is -0.960. The van der Waals surface area contributed by atoms with Gasteiger partial charge in [0.2, 0.25) is 0 Å². The summed E-state index contributed by atoms with van der Waals surface area (Å²) in [6, 6.07) is 0. The van der Waals surface area contributed by atoms with E-state index in [1.807, 2.05) is 20.9 Å². The molecule has 0 saturated heterocycles. The molecule has 0 spiro atoms. The summed E-state index contributed by atoms with van der Waals surface area (Å²) in [7, 11) is 1.82. The van der Waals surface area contributed by atoms with Gasteiger partial charge in [-0.25, -0.2) is 5.84 Å². The average Bonchev–Trinajstić information content (AvgIpc) is 2.21. The lowest BCUT2D eigenvalue weighted by atomic mass is 9.98. The summed E-state index contributed by atoms with van der Waals surface area (Å²) in [6.07, 6.45) is 5.21. The van der Waals surface area contributed by atoms with E-state index < -0.39 is 0 Å². The molecule has 0 aromatic rings. The molecule has 1 aliphatic rings. The van der Waals surface area contributed by atoms with Crippen LogP contribution < -0.4 is 11.6 Å². The maximum Gasteiger partial charge on any atom is 0.0700 e. The van der Waals surface area contributed by atoms with Crippen LogP contribution in [0.3, 0.4) is 0 Å². The molecule has 3 nitrogen and oxygen atoms in total. The molecule has 0 atom stereocenters. The minimum absolute atomic E-state index is 0.900. The summed E-state index contributed by atoms with van der Waals surface area (Å²) in [6.45, 7) is 6.15. The first-order valence-electron chi connectivity index (χ1n) is 5.31. The van der Waals surface area contributed by atoms with E-state index in [1.54, 1.807) is 5.01 Å². The monoisotopic (exact) mass is 197 g/mol. The Bertz CT molecular complexity index is 227. The predicted molar refractivity (Wildman–Crippen MR) is 62.1 cm³/mol. The zero-order valence-corrected chi connectivity index (χ0v) is 9.80. The fraction of sp³-hybridized carbons (Fsp3) is 0.636. The van der Waals surface area contributed by atoms with Crippen molar-refractivity contribution in [1.82, 2.24) is 5.01 Å². The van der Waals surface area contributed by atoms with E-state index in [1.165, 1.54) is 5.57 Å². The second-order valence-corrected chi connectivity index (χ2v) is 3.18. The largest absolute Gasteiger partial charge is 0.400 e. The van der Waals surface area contributed by atoms with Crippen molar-refractivity contribution in [2.75, 3.05) is 7.05 Å². The number of likely N-dealkylation sites (N-methyl/N-ethyl adjacent to an activating group) is 1. The second-order valence-electron chi connectivity index (χ2n) is 3.18.